The van der Waals surface area contributed by atoms with Crippen molar-refractivity contribution in [3.63, 3.8) is 0 Å². The molecule has 0 radical (unpaired) electrons. The highest BCUT2D eigenvalue weighted by Crippen LogP contribution is 2.55. The third-order valence-electron chi connectivity index (χ3n) is 1.28. The van der Waals surface area contributed by atoms with E-state index in [0.717, 1.165) is 0 Å². The van der Waals surface area contributed by atoms with E-state index in [0.29, 0.717) is 0 Å². The Labute approximate surface area is 164 Å². The van der Waals surface area contributed by atoms with Crippen LogP contribution >= 0.6 is 26.9 Å². The summed E-state index contributed by atoms with van der Waals surface area (Å²) in [6.07, 6.45) is 0. The van der Waals surface area contributed by atoms with Crippen molar-refractivity contribution in [3.8, 4) is 0 Å². The van der Waals surface area contributed by atoms with Crippen LogP contribution in [0.4, 0.5) is 0 Å². The van der Waals surface area contributed by atoms with Crippen molar-refractivity contribution in [1.82, 2.24) is 0 Å². The van der Waals surface area contributed by atoms with Crippen LogP contribution in [0, 0.1) is 5.41 Å². The van der Waals surface area contributed by atoms with E-state index >= 15 is 0 Å². The molecule has 0 heterocycles. The minimum atomic E-state index is -4.01. The van der Waals surface area contributed by atoms with Gasteiger partial charge in [0.05, 0.1) is 13.2 Å². The summed E-state index contributed by atoms with van der Waals surface area (Å²) in [6, 6.07) is 0. The highest BCUT2D eigenvalue weighted by Gasteiger charge is 2.20. The largest absolute Gasteiger partial charge is 0.396 e. The molecule has 20 heteroatoms. The SMILES string of the molecule is CC(C)(CO)CO.OP(O)(=S)OP(O)(O)=S.OP(O)(=S)OP(O)(O)=S. The van der Waals surface area contributed by atoms with Gasteiger partial charge < -0.3 is 49.4 Å². The fourth-order valence-corrected chi connectivity index (χ4v) is 6.65. The zero-order valence-corrected chi connectivity index (χ0v) is 19.5. The molecule has 0 fully saturated rings. The summed E-state index contributed by atoms with van der Waals surface area (Å²) in [5.74, 6) is 0. The second kappa shape index (κ2) is 12.6. The van der Waals surface area contributed by atoms with Crippen LogP contribution in [0.2, 0.25) is 0 Å². The molecule has 0 aliphatic rings. The molecule has 0 bridgehead atoms. The van der Waals surface area contributed by atoms with Gasteiger partial charge in [-0.25, -0.2) is 8.62 Å². The number of aliphatic hydroxyl groups excluding tert-OH is 2. The van der Waals surface area contributed by atoms with Crippen molar-refractivity contribution in [2.24, 2.45) is 5.41 Å². The topological polar surface area (TPSA) is 221 Å². The lowest BCUT2D eigenvalue weighted by Gasteiger charge is -2.16. The van der Waals surface area contributed by atoms with Crippen LogP contribution in [0.15, 0.2) is 0 Å². The number of hydrogen-bond donors (Lipinski definition) is 10. The third kappa shape index (κ3) is 37.5. The lowest BCUT2D eigenvalue weighted by atomic mass is 9.97. The van der Waals surface area contributed by atoms with E-state index in [1.165, 1.54) is 0 Å². The first-order valence-corrected chi connectivity index (χ1v) is 15.9. The molecule has 0 amide bonds. The fourth-order valence-electron chi connectivity index (χ4n) is 0.327. The normalized spacial score (nSPS) is 13.3. The molecule has 0 saturated carbocycles. The van der Waals surface area contributed by atoms with Crippen molar-refractivity contribution in [3.05, 3.63) is 0 Å². The monoisotopic (exact) mass is 524 g/mol. The Morgan fingerprint density at radius 2 is 0.760 bits per heavy atom. The smallest absolute Gasteiger partial charge is 0.329 e. The Balaban J connectivity index is -0.000000293. The van der Waals surface area contributed by atoms with Crippen molar-refractivity contribution >= 4 is 74.1 Å². The zero-order chi connectivity index (χ0) is 21.3. The molecule has 12 nitrogen and oxygen atoms in total. The maximum Gasteiger partial charge on any atom is 0.329 e. The lowest BCUT2D eigenvalue weighted by molar-refractivity contribution is 0.0857. The van der Waals surface area contributed by atoms with Crippen LogP contribution in [0.25, 0.3) is 0 Å². The molecule has 0 aliphatic carbocycles. The summed E-state index contributed by atoms with van der Waals surface area (Å²) in [6.45, 7) is -12.3. The summed E-state index contributed by atoms with van der Waals surface area (Å²) in [5.41, 5.74) is -0.306. The van der Waals surface area contributed by atoms with Crippen LogP contribution in [-0.4, -0.2) is 62.6 Å². The van der Waals surface area contributed by atoms with Gasteiger partial charge in [-0.15, -0.1) is 0 Å². The maximum atomic E-state index is 8.43. The van der Waals surface area contributed by atoms with Crippen molar-refractivity contribution in [2.75, 3.05) is 13.2 Å². The first-order chi connectivity index (χ1) is 10.5. The van der Waals surface area contributed by atoms with Gasteiger partial charge in [0.15, 0.2) is 0 Å². The van der Waals surface area contributed by atoms with Crippen LogP contribution in [-0.2, 0) is 55.8 Å². The molecule has 0 spiro atoms. The number of aliphatic hydroxyl groups is 2. The highest BCUT2D eigenvalue weighted by atomic mass is 32.5. The minimum Gasteiger partial charge on any atom is -0.396 e. The summed E-state index contributed by atoms with van der Waals surface area (Å²) in [5, 5.41) is 16.9. The average molecular weight is 524 g/mol. The standard InChI is InChI=1S/C5H12O2.2H4O5P2S2/c1-5(2,3-6)4-7;2*1-6(2,8)5-7(3,4)9/h6-7H,3-4H2,1-2H3;2*(H2,1,2,8)(H2,3,4,9). The molecule has 0 aromatic heterocycles. The van der Waals surface area contributed by atoms with Crippen LogP contribution in [0.3, 0.4) is 0 Å². The molecule has 25 heavy (non-hydrogen) atoms. The van der Waals surface area contributed by atoms with Gasteiger partial charge in [-0.1, -0.05) is 13.8 Å². The molecule has 10 N–H and O–H groups in total. The van der Waals surface area contributed by atoms with Gasteiger partial charge in [-0.05, 0) is 47.2 Å². The second-order valence-electron chi connectivity index (χ2n) is 4.61. The van der Waals surface area contributed by atoms with Gasteiger partial charge in [0.2, 0.25) is 0 Å². The predicted octanol–water partition coefficient (Wildman–Crippen LogP) is -1.16. The molecule has 0 aliphatic heterocycles. The van der Waals surface area contributed by atoms with E-state index in [1.807, 2.05) is 0 Å². The van der Waals surface area contributed by atoms with Crippen LogP contribution in [0.1, 0.15) is 13.8 Å². The van der Waals surface area contributed by atoms with Crippen molar-refractivity contribution in [2.45, 2.75) is 13.8 Å². The van der Waals surface area contributed by atoms with E-state index in [9.17, 15) is 0 Å². The molecule has 0 aromatic carbocycles. The summed E-state index contributed by atoms with van der Waals surface area (Å²) < 4.78 is 7.40. The van der Waals surface area contributed by atoms with Gasteiger partial charge in [0.1, 0.15) is 0 Å². The summed E-state index contributed by atoms with van der Waals surface area (Å²) >= 11 is 15.5. The van der Waals surface area contributed by atoms with Crippen LogP contribution in [0.5, 0.6) is 0 Å². The third-order valence-corrected chi connectivity index (χ3v) is 7.09. The van der Waals surface area contributed by atoms with Crippen molar-refractivity contribution < 1.29 is 58.0 Å². The predicted molar refractivity (Wildman–Crippen MR) is 105 cm³/mol. The Morgan fingerprint density at radius 1 is 0.600 bits per heavy atom. The lowest BCUT2D eigenvalue weighted by Crippen LogP contribution is -2.20. The van der Waals surface area contributed by atoms with E-state index in [4.69, 9.17) is 49.4 Å². The first-order valence-electron chi connectivity index (χ1n) is 5.40. The molecule has 0 rings (SSSR count). The molecule has 0 aromatic rings. The van der Waals surface area contributed by atoms with Crippen LogP contribution < -0.4 is 0 Å². The quantitative estimate of drug-likeness (QED) is 0.185. The van der Waals surface area contributed by atoms with E-state index in [1.54, 1.807) is 13.8 Å². The van der Waals surface area contributed by atoms with Crippen molar-refractivity contribution in [1.29, 1.82) is 0 Å². The van der Waals surface area contributed by atoms with E-state index in [2.05, 4.69) is 55.8 Å². The molecule has 0 atom stereocenters. The summed E-state index contributed by atoms with van der Waals surface area (Å²) in [7, 11) is 0. The highest BCUT2D eigenvalue weighted by molar-refractivity contribution is 8.14. The van der Waals surface area contributed by atoms with Gasteiger partial charge in [0.25, 0.3) is 0 Å². The second-order valence-corrected chi connectivity index (χ2v) is 15.5. The van der Waals surface area contributed by atoms with Gasteiger partial charge in [-0.3, -0.25) is 0 Å². The molecule has 0 unspecified atom stereocenters. The summed E-state index contributed by atoms with van der Waals surface area (Å²) in [4.78, 5) is 66.0. The first kappa shape index (κ1) is 31.8. The molecular weight excluding hydrogens is 504 g/mol. The Bertz CT molecular complexity index is 470. The Hall–Kier alpha value is 2.12. The minimum absolute atomic E-state index is 0.0451. The number of rotatable bonds is 6. The van der Waals surface area contributed by atoms with Gasteiger partial charge in [-0.2, -0.15) is 0 Å². The van der Waals surface area contributed by atoms with E-state index < -0.39 is 26.9 Å². The van der Waals surface area contributed by atoms with Gasteiger partial charge >= 0.3 is 26.9 Å². The molecular formula is C5H20O12P4S4. The Kier molecular flexibility index (Phi) is 16.1. The average Bonchev–Trinajstić information content (AvgIpc) is 2.20. The van der Waals surface area contributed by atoms with E-state index in [-0.39, 0.29) is 18.6 Å². The molecule has 156 valence electrons. The maximum absolute atomic E-state index is 8.43. The molecule has 0 saturated heterocycles. The number of hydrogen-bond acceptors (Lipinski definition) is 8. The van der Waals surface area contributed by atoms with Gasteiger partial charge in [0, 0.05) is 5.41 Å². The zero-order valence-electron chi connectivity index (χ0n) is 12.6. The fraction of sp³-hybridized carbons (Fsp3) is 1.00. The Morgan fingerprint density at radius 3 is 0.760 bits per heavy atom.